The van der Waals surface area contributed by atoms with Crippen LogP contribution in [0.25, 0.3) is 0 Å². The molecule has 0 aromatic heterocycles. The minimum absolute atomic E-state index is 0.0643. The lowest BCUT2D eigenvalue weighted by Crippen LogP contribution is -2.50. The first-order chi connectivity index (χ1) is 8.47. The van der Waals surface area contributed by atoms with Crippen LogP contribution in [-0.4, -0.2) is 43.2 Å². The van der Waals surface area contributed by atoms with Gasteiger partial charge in [-0.25, -0.2) is 0 Å². The molecule has 108 valence electrons. The summed E-state index contributed by atoms with van der Waals surface area (Å²) in [5.74, 6) is 0.504. The molecule has 2 N–H and O–H groups in total. The van der Waals surface area contributed by atoms with Crippen molar-refractivity contribution in [3.8, 4) is 0 Å². The van der Waals surface area contributed by atoms with E-state index in [-0.39, 0.29) is 18.0 Å². The summed E-state index contributed by atoms with van der Waals surface area (Å²) in [6, 6.07) is -0.117. The third kappa shape index (κ3) is 5.83. The summed E-state index contributed by atoms with van der Waals surface area (Å²) >= 11 is 0. The van der Waals surface area contributed by atoms with Crippen molar-refractivity contribution in [3.63, 3.8) is 0 Å². The third-order valence-corrected chi connectivity index (χ3v) is 3.25. The topological polar surface area (TPSA) is 55.6 Å². The monoisotopic (exact) mass is 258 g/mol. The highest BCUT2D eigenvalue weighted by Crippen LogP contribution is 2.13. The number of hydrogen-bond acceptors (Lipinski definition) is 3. The predicted octanol–water partition coefficient (Wildman–Crippen LogP) is 2.02. The van der Waals surface area contributed by atoms with Crippen molar-refractivity contribution in [2.45, 2.75) is 59.0 Å². The Balaban J connectivity index is 4.66. The summed E-state index contributed by atoms with van der Waals surface area (Å²) in [5, 5.41) is 0. The summed E-state index contributed by atoms with van der Waals surface area (Å²) in [7, 11) is 1.66. The van der Waals surface area contributed by atoms with Crippen LogP contribution in [-0.2, 0) is 9.53 Å². The number of hydrogen-bond donors (Lipinski definition) is 1. The molecule has 0 bridgehead atoms. The molecule has 0 aliphatic rings. The lowest BCUT2D eigenvalue weighted by atomic mass is 10.0. The molecule has 0 fully saturated rings. The number of amides is 1. The van der Waals surface area contributed by atoms with Crippen LogP contribution in [0, 0.1) is 5.92 Å². The van der Waals surface area contributed by atoms with Gasteiger partial charge < -0.3 is 15.4 Å². The van der Waals surface area contributed by atoms with Crippen LogP contribution in [0.4, 0.5) is 0 Å². The Morgan fingerprint density at radius 1 is 1.28 bits per heavy atom. The molecular formula is C14H30N2O2. The average Bonchev–Trinajstić information content (AvgIpc) is 2.32. The maximum absolute atomic E-state index is 12.4. The molecule has 1 amide bonds. The van der Waals surface area contributed by atoms with Crippen molar-refractivity contribution >= 4 is 5.91 Å². The molecule has 0 rings (SSSR count). The molecule has 0 aliphatic heterocycles. The van der Waals surface area contributed by atoms with Crippen LogP contribution in [0.2, 0.25) is 0 Å². The molecule has 0 spiro atoms. The second-order valence-electron chi connectivity index (χ2n) is 5.23. The molecule has 0 heterocycles. The maximum atomic E-state index is 12.4. The highest BCUT2D eigenvalue weighted by atomic mass is 16.5. The van der Waals surface area contributed by atoms with Crippen molar-refractivity contribution in [1.29, 1.82) is 0 Å². The largest absolute Gasteiger partial charge is 0.383 e. The molecule has 0 unspecified atom stereocenters. The van der Waals surface area contributed by atoms with Crippen LogP contribution < -0.4 is 5.73 Å². The molecule has 0 saturated heterocycles. The van der Waals surface area contributed by atoms with E-state index >= 15 is 0 Å². The number of carbonyl (C=O) groups is 1. The Labute approximate surface area is 112 Å². The van der Waals surface area contributed by atoms with Gasteiger partial charge in [0.2, 0.25) is 5.91 Å². The Morgan fingerprint density at radius 2 is 1.83 bits per heavy atom. The number of nitrogens with two attached hydrogens (primary N) is 1. The quantitative estimate of drug-likeness (QED) is 0.688. The van der Waals surface area contributed by atoms with E-state index in [1.54, 1.807) is 7.11 Å². The molecule has 0 radical (unpaired) electrons. The molecule has 1 atom stereocenters. The molecular weight excluding hydrogens is 228 g/mol. The molecule has 0 aromatic rings. The van der Waals surface area contributed by atoms with E-state index in [0.29, 0.717) is 19.1 Å². The van der Waals surface area contributed by atoms with Crippen molar-refractivity contribution in [2.24, 2.45) is 11.7 Å². The second kappa shape index (κ2) is 9.34. The zero-order valence-electron chi connectivity index (χ0n) is 12.6. The minimum atomic E-state index is -0.387. The van der Waals surface area contributed by atoms with Gasteiger partial charge in [0.1, 0.15) is 0 Å². The summed E-state index contributed by atoms with van der Waals surface area (Å²) in [4.78, 5) is 14.3. The van der Waals surface area contributed by atoms with Crippen LogP contribution in [0.15, 0.2) is 0 Å². The van der Waals surface area contributed by atoms with Gasteiger partial charge in [0.15, 0.2) is 0 Å². The predicted molar refractivity (Wildman–Crippen MR) is 75.4 cm³/mol. The summed E-state index contributed by atoms with van der Waals surface area (Å²) in [6.45, 7) is 9.59. The fraction of sp³-hybridized carbons (Fsp3) is 0.929. The van der Waals surface area contributed by atoms with E-state index in [0.717, 1.165) is 19.3 Å². The standard InChI is InChI=1S/C14H30N2O2/c1-6-12(7-2)16(8-9-18-5)14(17)13(15)10-11(3)4/h11-13H,6-10,15H2,1-5H3/t13-/m1/s1. The molecule has 0 aromatic carbocycles. The number of ether oxygens (including phenoxy) is 1. The number of methoxy groups -OCH3 is 1. The van der Waals surface area contributed by atoms with Crippen LogP contribution in [0.1, 0.15) is 47.0 Å². The van der Waals surface area contributed by atoms with Crippen LogP contribution >= 0.6 is 0 Å². The normalized spacial score (nSPS) is 13.1. The smallest absolute Gasteiger partial charge is 0.239 e. The van der Waals surface area contributed by atoms with Crippen molar-refractivity contribution in [2.75, 3.05) is 20.3 Å². The van der Waals surface area contributed by atoms with E-state index in [9.17, 15) is 4.79 Å². The Bertz CT molecular complexity index is 228. The van der Waals surface area contributed by atoms with Gasteiger partial charge >= 0.3 is 0 Å². The maximum Gasteiger partial charge on any atom is 0.239 e. The highest BCUT2D eigenvalue weighted by molar-refractivity contribution is 5.82. The molecule has 4 nitrogen and oxygen atoms in total. The summed E-state index contributed by atoms with van der Waals surface area (Å²) in [6.07, 6.45) is 2.66. The van der Waals surface area contributed by atoms with E-state index in [1.807, 2.05) is 4.90 Å². The van der Waals surface area contributed by atoms with Gasteiger partial charge in [0.25, 0.3) is 0 Å². The lowest BCUT2D eigenvalue weighted by molar-refractivity contribution is -0.136. The zero-order chi connectivity index (χ0) is 14.1. The van der Waals surface area contributed by atoms with Gasteiger partial charge in [-0.15, -0.1) is 0 Å². The highest BCUT2D eigenvalue weighted by Gasteiger charge is 2.25. The van der Waals surface area contributed by atoms with Crippen molar-refractivity contribution < 1.29 is 9.53 Å². The molecule has 18 heavy (non-hydrogen) atoms. The van der Waals surface area contributed by atoms with E-state index in [1.165, 1.54) is 0 Å². The second-order valence-corrected chi connectivity index (χ2v) is 5.23. The van der Waals surface area contributed by atoms with Gasteiger partial charge in [0.05, 0.1) is 12.6 Å². The van der Waals surface area contributed by atoms with Crippen molar-refractivity contribution in [1.82, 2.24) is 4.90 Å². The SMILES string of the molecule is CCC(CC)N(CCOC)C(=O)[C@H](N)CC(C)C. The van der Waals surface area contributed by atoms with E-state index in [4.69, 9.17) is 10.5 Å². The average molecular weight is 258 g/mol. The summed E-state index contributed by atoms with van der Waals surface area (Å²) in [5.41, 5.74) is 6.01. The minimum Gasteiger partial charge on any atom is -0.383 e. The molecule has 0 aliphatic carbocycles. The van der Waals surface area contributed by atoms with Crippen LogP contribution in [0.5, 0.6) is 0 Å². The van der Waals surface area contributed by atoms with Crippen LogP contribution in [0.3, 0.4) is 0 Å². The fourth-order valence-electron chi connectivity index (χ4n) is 2.21. The first-order valence-electron chi connectivity index (χ1n) is 7.02. The van der Waals surface area contributed by atoms with Gasteiger partial charge in [-0.05, 0) is 25.2 Å². The molecule has 4 heteroatoms. The van der Waals surface area contributed by atoms with Gasteiger partial charge in [0, 0.05) is 19.7 Å². The van der Waals surface area contributed by atoms with Gasteiger partial charge in [-0.2, -0.15) is 0 Å². The fourth-order valence-corrected chi connectivity index (χ4v) is 2.21. The lowest BCUT2D eigenvalue weighted by Gasteiger charge is -2.32. The Hall–Kier alpha value is -0.610. The van der Waals surface area contributed by atoms with E-state index in [2.05, 4.69) is 27.7 Å². The Kier molecular flexibility index (Phi) is 9.02. The third-order valence-electron chi connectivity index (χ3n) is 3.25. The van der Waals surface area contributed by atoms with Gasteiger partial charge in [-0.1, -0.05) is 27.7 Å². The number of rotatable bonds is 9. The first kappa shape index (κ1) is 17.4. The number of nitrogens with zero attached hydrogens (tertiary/aromatic N) is 1. The summed E-state index contributed by atoms with van der Waals surface area (Å²) < 4.78 is 5.09. The molecule has 0 saturated carbocycles. The zero-order valence-corrected chi connectivity index (χ0v) is 12.6. The van der Waals surface area contributed by atoms with Crippen molar-refractivity contribution in [3.05, 3.63) is 0 Å². The number of carbonyl (C=O) groups excluding carboxylic acids is 1. The first-order valence-corrected chi connectivity index (χ1v) is 7.02. The van der Waals surface area contributed by atoms with Gasteiger partial charge in [-0.3, -0.25) is 4.79 Å². The Morgan fingerprint density at radius 3 is 2.22 bits per heavy atom. The van der Waals surface area contributed by atoms with E-state index < -0.39 is 0 Å².